The van der Waals surface area contributed by atoms with E-state index in [1.807, 2.05) is 0 Å². The van der Waals surface area contributed by atoms with Crippen molar-refractivity contribution in [2.24, 2.45) is 17.8 Å². The van der Waals surface area contributed by atoms with E-state index in [0.29, 0.717) is 5.54 Å². The highest BCUT2D eigenvalue weighted by atomic mass is 28.2. The van der Waals surface area contributed by atoms with Crippen LogP contribution in [-0.2, 0) is 0 Å². The fraction of sp³-hybridized carbons (Fsp3) is 0.267. The van der Waals surface area contributed by atoms with Crippen LogP contribution in [0.3, 0.4) is 0 Å². The smallest absolute Gasteiger partial charge is 0.0535 e. The molecule has 1 saturated carbocycles. The minimum absolute atomic E-state index is 0.464. The molecule has 0 N–H and O–H groups in total. The summed E-state index contributed by atoms with van der Waals surface area (Å²) in [5.74, 6) is 2.66. The van der Waals surface area contributed by atoms with Gasteiger partial charge in [-0.2, -0.15) is 0 Å². The number of benzene rings is 4. The molecule has 4 aromatic carbocycles. The quantitative estimate of drug-likeness (QED) is 0.222. The number of rotatable bonds is 6. The van der Waals surface area contributed by atoms with Crippen molar-refractivity contribution < 1.29 is 0 Å². The highest BCUT2D eigenvalue weighted by Gasteiger charge is 2.35. The summed E-state index contributed by atoms with van der Waals surface area (Å²) in [6, 6.07) is 32.9. The molecule has 2 bridgehead atoms. The second kappa shape index (κ2) is 8.13. The van der Waals surface area contributed by atoms with Gasteiger partial charge >= 0.3 is 0 Å². The minimum atomic E-state index is 0.464. The highest BCUT2D eigenvalue weighted by molar-refractivity contribution is 6.40. The Morgan fingerprint density at radius 2 is 1.29 bits per heavy atom. The first-order valence-corrected chi connectivity index (χ1v) is 13.0. The molecule has 152 valence electrons. The molecule has 6 rings (SSSR count). The largest absolute Gasteiger partial charge is 0.0851 e. The van der Waals surface area contributed by atoms with E-state index in [2.05, 4.69) is 97.1 Å². The van der Waals surface area contributed by atoms with Gasteiger partial charge in [0, 0.05) is 5.54 Å². The molecule has 0 spiro atoms. The predicted octanol–water partition coefficient (Wildman–Crippen LogP) is 7.81. The van der Waals surface area contributed by atoms with Crippen LogP contribution in [0, 0.1) is 17.8 Å². The van der Waals surface area contributed by atoms with Crippen molar-refractivity contribution in [1.82, 2.24) is 0 Å². The van der Waals surface area contributed by atoms with Crippen LogP contribution in [0.5, 0.6) is 0 Å². The first kappa shape index (κ1) is 19.1. The van der Waals surface area contributed by atoms with Crippen LogP contribution in [0.2, 0.25) is 6.04 Å². The first-order chi connectivity index (χ1) is 15.4. The molecule has 2 radical (unpaired) electrons. The van der Waals surface area contributed by atoms with Gasteiger partial charge in [0.1, 0.15) is 0 Å². The summed E-state index contributed by atoms with van der Waals surface area (Å²) in [4.78, 5) is 0. The Bertz CT molecular complexity index is 1160. The molecule has 3 atom stereocenters. The maximum absolute atomic E-state index is 2.51. The molecular formula is C30H28Si. The van der Waals surface area contributed by atoms with E-state index in [0.717, 1.165) is 27.3 Å². The van der Waals surface area contributed by atoms with Crippen molar-refractivity contribution in [2.45, 2.75) is 30.8 Å². The Labute approximate surface area is 187 Å². The van der Waals surface area contributed by atoms with E-state index in [1.54, 1.807) is 0 Å². The Kier molecular flexibility index (Phi) is 5.00. The number of fused-ring (bicyclic) bond motifs is 4. The molecular weight excluding hydrogens is 388 g/mol. The van der Waals surface area contributed by atoms with Crippen LogP contribution in [0.15, 0.2) is 97.1 Å². The summed E-state index contributed by atoms with van der Waals surface area (Å²) in [7, 11) is 0.913. The van der Waals surface area contributed by atoms with Crippen molar-refractivity contribution in [3.05, 3.63) is 108 Å². The number of hydrogen-bond donors (Lipinski definition) is 0. The zero-order valence-corrected chi connectivity index (χ0v) is 18.9. The average molecular weight is 417 g/mol. The van der Waals surface area contributed by atoms with Crippen LogP contribution >= 0.6 is 0 Å². The second-order valence-corrected chi connectivity index (χ2v) is 10.8. The van der Waals surface area contributed by atoms with Gasteiger partial charge in [-0.1, -0.05) is 110 Å². The SMILES string of the molecule is C1=CC2CC1CC2CC[Si]C(c1cccc2ccccc12)c1cccc2ccccc12. The van der Waals surface area contributed by atoms with Crippen molar-refractivity contribution in [1.29, 1.82) is 0 Å². The van der Waals surface area contributed by atoms with Crippen molar-refractivity contribution >= 4 is 31.1 Å². The molecule has 1 fully saturated rings. The highest BCUT2D eigenvalue weighted by Crippen LogP contribution is 2.46. The molecule has 0 nitrogen and oxygen atoms in total. The van der Waals surface area contributed by atoms with Crippen molar-refractivity contribution in [3.8, 4) is 0 Å². The van der Waals surface area contributed by atoms with Gasteiger partial charge in [-0.25, -0.2) is 0 Å². The Hall–Kier alpha value is -2.64. The molecule has 3 unspecified atom stereocenters. The lowest BCUT2D eigenvalue weighted by Crippen LogP contribution is -2.14. The summed E-state index contributed by atoms with van der Waals surface area (Å²) in [6.07, 6.45) is 9.21. The predicted molar refractivity (Wildman–Crippen MR) is 134 cm³/mol. The van der Waals surface area contributed by atoms with Gasteiger partial charge in [0.15, 0.2) is 0 Å². The van der Waals surface area contributed by atoms with Crippen LogP contribution in [0.4, 0.5) is 0 Å². The Morgan fingerprint density at radius 1 is 0.677 bits per heavy atom. The molecule has 31 heavy (non-hydrogen) atoms. The summed E-state index contributed by atoms with van der Waals surface area (Å²) in [5.41, 5.74) is 3.47. The van der Waals surface area contributed by atoms with Crippen LogP contribution in [0.1, 0.15) is 35.9 Å². The molecule has 1 heteroatoms. The van der Waals surface area contributed by atoms with Crippen LogP contribution < -0.4 is 0 Å². The molecule has 2 aliphatic rings. The van der Waals surface area contributed by atoms with E-state index < -0.39 is 0 Å². The van der Waals surface area contributed by atoms with E-state index in [1.165, 1.54) is 58.0 Å². The standard InChI is InChI=1S/C30H28Si/c1-3-11-26-22(7-1)9-5-13-28(26)30(29-14-6-10-23-8-2-4-12-27(23)29)31-18-17-25-20-21-15-16-24(25)19-21/h1-16,21,24-25,30H,17-20H2. The maximum atomic E-state index is 2.51. The zero-order chi connectivity index (χ0) is 20.6. The van der Waals surface area contributed by atoms with Gasteiger partial charge in [0.05, 0.1) is 9.52 Å². The van der Waals surface area contributed by atoms with Gasteiger partial charge in [0.2, 0.25) is 0 Å². The van der Waals surface area contributed by atoms with Crippen LogP contribution in [0.25, 0.3) is 21.5 Å². The normalized spacial score (nSPS) is 22.2. The van der Waals surface area contributed by atoms with Crippen molar-refractivity contribution in [3.63, 3.8) is 0 Å². The van der Waals surface area contributed by atoms with E-state index in [4.69, 9.17) is 0 Å². The second-order valence-electron chi connectivity index (χ2n) is 9.35. The summed E-state index contributed by atoms with van der Waals surface area (Å²) in [6.45, 7) is 0. The van der Waals surface area contributed by atoms with E-state index in [-0.39, 0.29) is 0 Å². The lowest BCUT2D eigenvalue weighted by Gasteiger charge is -2.23. The number of allylic oxidation sites excluding steroid dienone is 2. The van der Waals surface area contributed by atoms with Gasteiger partial charge < -0.3 is 0 Å². The third-order valence-corrected chi connectivity index (χ3v) is 9.16. The van der Waals surface area contributed by atoms with E-state index >= 15 is 0 Å². The molecule has 0 amide bonds. The topological polar surface area (TPSA) is 0 Å². The first-order valence-electron chi connectivity index (χ1n) is 11.7. The van der Waals surface area contributed by atoms with Gasteiger partial charge in [-0.05, 0) is 63.3 Å². The molecule has 0 saturated heterocycles. The fourth-order valence-corrected chi connectivity index (χ4v) is 7.80. The Morgan fingerprint density at radius 3 is 1.87 bits per heavy atom. The number of hydrogen-bond acceptors (Lipinski definition) is 0. The third kappa shape index (κ3) is 3.55. The zero-order valence-electron chi connectivity index (χ0n) is 17.9. The fourth-order valence-electron chi connectivity index (χ4n) is 6.03. The summed E-state index contributed by atoms with van der Waals surface area (Å²) in [5, 5.41) is 5.54. The summed E-state index contributed by atoms with van der Waals surface area (Å²) < 4.78 is 0. The Balaban J connectivity index is 1.38. The lowest BCUT2D eigenvalue weighted by atomic mass is 9.91. The molecule has 2 aliphatic carbocycles. The van der Waals surface area contributed by atoms with Gasteiger partial charge in [-0.3, -0.25) is 0 Å². The van der Waals surface area contributed by atoms with Gasteiger partial charge in [-0.15, -0.1) is 0 Å². The minimum Gasteiger partial charge on any atom is -0.0851 e. The molecule has 0 aromatic heterocycles. The monoisotopic (exact) mass is 416 g/mol. The molecule has 0 aliphatic heterocycles. The lowest BCUT2D eigenvalue weighted by molar-refractivity contribution is 0.433. The van der Waals surface area contributed by atoms with Gasteiger partial charge in [0.25, 0.3) is 0 Å². The molecule has 4 aromatic rings. The molecule has 0 heterocycles. The maximum Gasteiger partial charge on any atom is 0.0535 e. The summed E-state index contributed by atoms with van der Waals surface area (Å²) >= 11 is 0. The average Bonchev–Trinajstić information content (AvgIpc) is 3.45. The van der Waals surface area contributed by atoms with Crippen molar-refractivity contribution in [2.75, 3.05) is 0 Å². The van der Waals surface area contributed by atoms with E-state index in [9.17, 15) is 0 Å². The van der Waals surface area contributed by atoms with Crippen LogP contribution in [-0.4, -0.2) is 9.52 Å². The third-order valence-electron chi connectivity index (χ3n) is 7.55.